The third kappa shape index (κ3) is 4.38. The first-order valence-corrected chi connectivity index (χ1v) is 8.32. The SMILES string of the molecule is CN=C(NCc1cccc(OC)c1)NCc1nncn1-c1ccccc1. The Bertz CT molecular complexity index is 859. The fourth-order valence-corrected chi connectivity index (χ4v) is 2.54. The lowest BCUT2D eigenvalue weighted by atomic mass is 10.2. The van der Waals surface area contributed by atoms with Gasteiger partial charge in [-0.15, -0.1) is 10.2 Å². The molecule has 0 saturated carbocycles. The summed E-state index contributed by atoms with van der Waals surface area (Å²) in [5.74, 6) is 2.33. The second-order valence-corrected chi connectivity index (χ2v) is 5.58. The maximum Gasteiger partial charge on any atom is 0.191 e. The highest BCUT2D eigenvalue weighted by Crippen LogP contribution is 2.12. The number of nitrogens with one attached hydrogen (secondary N) is 2. The van der Waals surface area contributed by atoms with Crippen LogP contribution >= 0.6 is 0 Å². The lowest BCUT2D eigenvalue weighted by molar-refractivity contribution is 0.414. The van der Waals surface area contributed by atoms with Gasteiger partial charge in [0.25, 0.3) is 0 Å². The van der Waals surface area contributed by atoms with Crippen LogP contribution in [0.2, 0.25) is 0 Å². The van der Waals surface area contributed by atoms with E-state index in [4.69, 9.17) is 4.74 Å². The van der Waals surface area contributed by atoms with Crippen LogP contribution in [0.4, 0.5) is 0 Å². The number of hydrogen-bond donors (Lipinski definition) is 2. The molecule has 0 saturated heterocycles. The summed E-state index contributed by atoms with van der Waals surface area (Å²) in [7, 11) is 3.40. The van der Waals surface area contributed by atoms with E-state index < -0.39 is 0 Å². The first-order valence-electron chi connectivity index (χ1n) is 8.32. The molecule has 26 heavy (non-hydrogen) atoms. The normalized spacial score (nSPS) is 11.2. The summed E-state index contributed by atoms with van der Waals surface area (Å²) in [6, 6.07) is 17.9. The molecule has 0 radical (unpaired) electrons. The number of nitrogens with zero attached hydrogens (tertiary/aromatic N) is 4. The Labute approximate surface area is 152 Å². The van der Waals surface area contributed by atoms with Gasteiger partial charge in [0.05, 0.1) is 13.7 Å². The van der Waals surface area contributed by atoms with E-state index in [1.807, 2.05) is 59.2 Å². The van der Waals surface area contributed by atoms with Crippen LogP contribution in [0.15, 0.2) is 65.9 Å². The van der Waals surface area contributed by atoms with Gasteiger partial charge in [0, 0.05) is 19.3 Å². The van der Waals surface area contributed by atoms with Crippen LogP contribution in [-0.2, 0) is 13.1 Å². The van der Waals surface area contributed by atoms with Crippen LogP contribution in [0.3, 0.4) is 0 Å². The highest BCUT2D eigenvalue weighted by Gasteiger charge is 2.07. The van der Waals surface area contributed by atoms with E-state index in [-0.39, 0.29) is 0 Å². The molecule has 0 aliphatic heterocycles. The summed E-state index contributed by atoms with van der Waals surface area (Å²) in [5.41, 5.74) is 2.13. The molecule has 2 N–H and O–H groups in total. The number of rotatable bonds is 6. The van der Waals surface area contributed by atoms with Gasteiger partial charge in [-0.1, -0.05) is 30.3 Å². The van der Waals surface area contributed by atoms with E-state index in [9.17, 15) is 0 Å². The van der Waals surface area contributed by atoms with Gasteiger partial charge in [-0.05, 0) is 29.8 Å². The summed E-state index contributed by atoms with van der Waals surface area (Å²) < 4.78 is 7.19. The molecule has 0 aliphatic rings. The van der Waals surface area contributed by atoms with Gasteiger partial charge < -0.3 is 15.4 Å². The second-order valence-electron chi connectivity index (χ2n) is 5.58. The third-order valence-corrected chi connectivity index (χ3v) is 3.88. The van der Waals surface area contributed by atoms with Crippen LogP contribution in [0, 0.1) is 0 Å². The van der Waals surface area contributed by atoms with Gasteiger partial charge in [-0.25, -0.2) is 0 Å². The lowest BCUT2D eigenvalue weighted by Crippen LogP contribution is -2.36. The van der Waals surface area contributed by atoms with Crippen molar-refractivity contribution >= 4 is 5.96 Å². The van der Waals surface area contributed by atoms with Crippen molar-refractivity contribution in [3.05, 3.63) is 72.3 Å². The second kappa shape index (κ2) is 8.66. The Balaban J connectivity index is 1.59. The average molecular weight is 350 g/mol. The van der Waals surface area contributed by atoms with Gasteiger partial charge in [0.15, 0.2) is 11.8 Å². The summed E-state index contributed by atoms with van der Waals surface area (Å²) in [6.07, 6.45) is 1.71. The van der Waals surface area contributed by atoms with Gasteiger partial charge in [-0.3, -0.25) is 9.56 Å². The van der Waals surface area contributed by atoms with E-state index >= 15 is 0 Å². The molecule has 7 heteroatoms. The van der Waals surface area contributed by atoms with Crippen LogP contribution in [-0.4, -0.2) is 34.9 Å². The quantitative estimate of drug-likeness (QED) is 0.526. The largest absolute Gasteiger partial charge is 0.497 e. The molecule has 0 amide bonds. The first-order chi connectivity index (χ1) is 12.8. The molecule has 134 valence electrons. The molecule has 2 aromatic carbocycles. The van der Waals surface area contributed by atoms with Crippen molar-refractivity contribution < 1.29 is 4.74 Å². The minimum absolute atomic E-state index is 0.507. The van der Waals surface area contributed by atoms with Crippen molar-refractivity contribution in [1.29, 1.82) is 0 Å². The number of ether oxygens (including phenoxy) is 1. The number of aliphatic imine (C=N–C) groups is 1. The molecule has 3 rings (SSSR count). The maximum absolute atomic E-state index is 5.25. The average Bonchev–Trinajstić information content (AvgIpc) is 3.17. The molecule has 0 fully saturated rings. The number of benzene rings is 2. The van der Waals surface area contributed by atoms with E-state index in [1.54, 1.807) is 20.5 Å². The Kier molecular flexibility index (Phi) is 5.82. The zero-order chi connectivity index (χ0) is 18.2. The van der Waals surface area contributed by atoms with Crippen LogP contribution in [0.5, 0.6) is 5.75 Å². The van der Waals surface area contributed by atoms with Crippen molar-refractivity contribution in [3.63, 3.8) is 0 Å². The lowest BCUT2D eigenvalue weighted by Gasteiger charge is -2.13. The standard InChI is InChI=1S/C19H22N6O/c1-20-19(21-12-15-7-6-10-17(11-15)26-2)22-13-18-24-23-14-25(18)16-8-4-3-5-9-16/h3-11,14H,12-13H2,1-2H3,(H2,20,21,22). The Hall–Kier alpha value is -3.35. The fraction of sp³-hybridized carbons (Fsp3) is 0.211. The summed E-state index contributed by atoms with van der Waals surface area (Å²) in [4.78, 5) is 4.25. The zero-order valence-electron chi connectivity index (χ0n) is 14.9. The van der Waals surface area contributed by atoms with E-state index in [0.29, 0.717) is 19.0 Å². The Morgan fingerprint density at radius 2 is 1.88 bits per heavy atom. The minimum Gasteiger partial charge on any atom is -0.497 e. The van der Waals surface area contributed by atoms with Crippen molar-refractivity contribution in [2.45, 2.75) is 13.1 Å². The van der Waals surface area contributed by atoms with Crippen molar-refractivity contribution in [3.8, 4) is 11.4 Å². The fourth-order valence-electron chi connectivity index (χ4n) is 2.54. The molecule has 3 aromatic rings. The van der Waals surface area contributed by atoms with Gasteiger partial charge in [0.1, 0.15) is 12.1 Å². The molecular formula is C19H22N6O. The molecule has 0 atom stereocenters. The molecular weight excluding hydrogens is 328 g/mol. The Morgan fingerprint density at radius 1 is 1.08 bits per heavy atom. The molecule has 1 aromatic heterocycles. The molecule has 0 bridgehead atoms. The highest BCUT2D eigenvalue weighted by atomic mass is 16.5. The Morgan fingerprint density at radius 3 is 2.65 bits per heavy atom. The number of aromatic nitrogens is 3. The predicted octanol–water partition coefficient (Wildman–Crippen LogP) is 2.14. The van der Waals surface area contributed by atoms with Crippen molar-refractivity contribution in [1.82, 2.24) is 25.4 Å². The number of para-hydroxylation sites is 1. The van der Waals surface area contributed by atoms with Gasteiger partial charge in [0.2, 0.25) is 0 Å². The van der Waals surface area contributed by atoms with Gasteiger partial charge in [-0.2, -0.15) is 0 Å². The molecule has 7 nitrogen and oxygen atoms in total. The van der Waals surface area contributed by atoms with Crippen molar-refractivity contribution in [2.75, 3.05) is 14.2 Å². The highest BCUT2D eigenvalue weighted by molar-refractivity contribution is 5.79. The molecule has 0 aliphatic carbocycles. The smallest absolute Gasteiger partial charge is 0.191 e. The molecule has 0 spiro atoms. The van der Waals surface area contributed by atoms with E-state index in [0.717, 1.165) is 22.8 Å². The minimum atomic E-state index is 0.507. The summed E-state index contributed by atoms with van der Waals surface area (Å²) >= 11 is 0. The topological polar surface area (TPSA) is 76.4 Å². The number of hydrogen-bond acceptors (Lipinski definition) is 4. The van der Waals surface area contributed by atoms with E-state index in [2.05, 4.69) is 25.8 Å². The van der Waals surface area contributed by atoms with E-state index in [1.165, 1.54) is 0 Å². The van der Waals surface area contributed by atoms with Crippen LogP contribution in [0.25, 0.3) is 5.69 Å². The van der Waals surface area contributed by atoms with Crippen LogP contribution in [0.1, 0.15) is 11.4 Å². The van der Waals surface area contributed by atoms with Crippen molar-refractivity contribution in [2.24, 2.45) is 4.99 Å². The van der Waals surface area contributed by atoms with Crippen LogP contribution < -0.4 is 15.4 Å². The summed E-state index contributed by atoms with van der Waals surface area (Å²) in [6.45, 7) is 1.15. The molecule has 0 unspecified atom stereocenters. The third-order valence-electron chi connectivity index (χ3n) is 3.88. The zero-order valence-corrected chi connectivity index (χ0v) is 14.9. The van der Waals surface area contributed by atoms with Gasteiger partial charge >= 0.3 is 0 Å². The summed E-state index contributed by atoms with van der Waals surface area (Å²) in [5, 5.41) is 14.8. The number of guanidine groups is 1. The first kappa shape index (κ1) is 17.5. The maximum atomic E-state index is 5.25. The number of methoxy groups -OCH3 is 1. The monoisotopic (exact) mass is 350 g/mol. The predicted molar refractivity (Wildman–Crippen MR) is 101 cm³/mol. The molecule has 1 heterocycles.